The van der Waals surface area contributed by atoms with Gasteiger partial charge in [0, 0.05) is 29.6 Å². The first-order valence-corrected chi connectivity index (χ1v) is 7.78. The maximum absolute atomic E-state index is 12.0. The largest absolute Gasteiger partial charge is 0.508 e. The van der Waals surface area contributed by atoms with Gasteiger partial charge in [0.1, 0.15) is 11.8 Å². The maximum atomic E-state index is 12.0. The van der Waals surface area contributed by atoms with Crippen LogP contribution in [0.1, 0.15) is 18.5 Å². The summed E-state index contributed by atoms with van der Waals surface area (Å²) in [6.07, 6.45) is 1.18. The van der Waals surface area contributed by atoms with Crippen LogP contribution in [0.2, 0.25) is 0 Å². The van der Waals surface area contributed by atoms with Gasteiger partial charge in [0.05, 0.1) is 4.92 Å². The number of nitrogens with one attached hydrogen (secondary N) is 2. The van der Waals surface area contributed by atoms with Gasteiger partial charge in [-0.3, -0.25) is 14.9 Å². The van der Waals surface area contributed by atoms with Crippen molar-refractivity contribution in [1.82, 2.24) is 5.32 Å². The minimum absolute atomic E-state index is 0.0117. The predicted octanol–water partition coefficient (Wildman–Crippen LogP) is 2.56. The second kappa shape index (κ2) is 8.48. The standard InChI is InChI=1S/C18H17N3O6/c1-11(19-17(18(24)25)12-2-8-15(22)9-3-12)10-16(23)20-13-4-6-14(7-5-13)21(26)27/h2-10,17,19,22H,1H3,(H,20,23)(H,24,25)/t17-/m1/s1. The summed E-state index contributed by atoms with van der Waals surface area (Å²) in [6, 6.07) is 9.86. The van der Waals surface area contributed by atoms with Gasteiger partial charge in [0.2, 0.25) is 5.91 Å². The molecule has 4 N–H and O–H groups in total. The Hall–Kier alpha value is -3.88. The zero-order valence-electron chi connectivity index (χ0n) is 14.2. The molecule has 0 spiro atoms. The highest BCUT2D eigenvalue weighted by Crippen LogP contribution is 2.19. The van der Waals surface area contributed by atoms with Crippen LogP contribution in [-0.4, -0.2) is 27.0 Å². The molecule has 0 saturated carbocycles. The van der Waals surface area contributed by atoms with E-state index in [0.29, 0.717) is 16.9 Å². The normalized spacial score (nSPS) is 12.1. The lowest BCUT2D eigenvalue weighted by Crippen LogP contribution is -2.27. The number of nitro benzene ring substituents is 1. The summed E-state index contributed by atoms with van der Waals surface area (Å²) in [5, 5.41) is 34.5. The Bertz CT molecular complexity index is 875. The molecule has 0 heterocycles. The van der Waals surface area contributed by atoms with Crippen molar-refractivity contribution in [3.63, 3.8) is 0 Å². The molecule has 1 amide bonds. The van der Waals surface area contributed by atoms with Crippen LogP contribution >= 0.6 is 0 Å². The van der Waals surface area contributed by atoms with Crippen molar-refractivity contribution in [2.45, 2.75) is 13.0 Å². The van der Waals surface area contributed by atoms with Crippen LogP contribution in [0.15, 0.2) is 60.3 Å². The van der Waals surface area contributed by atoms with E-state index in [-0.39, 0.29) is 11.4 Å². The minimum Gasteiger partial charge on any atom is -0.508 e. The van der Waals surface area contributed by atoms with Crippen LogP contribution in [0.5, 0.6) is 5.75 Å². The molecule has 0 aliphatic carbocycles. The number of aromatic hydroxyl groups is 1. The van der Waals surface area contributed by atoms with Crippen LogP contribution in [0.3, 0.4) is 0 Å². The van der Waals surface area contributed by atoms with Crippen LogP contribution in [0.25, 0.3) is 0 Å². The fourth-order valence-electron chi connectivity index (χ4n) is 2.27. The molecule has 0 aliphatic rings. The molecular formula is C18H17N3O6. The second-order valence-corrected chi connectivity index (χ2v) is 5.63. The number of carboxylic acid groups (broad SMARTS) is 1. The quantitative estimate of drug-likeness (QED) is 0.333. The molecule has 2 aromatic rings. The van der Waals surface area contributed by atoms with Crippen molar-refractivity contribution >= 4 is 23.3 Å². The molecule has 0 aliphatic heterocycles. The van der Waals surface area contributed by atoms with Gasteiger partial charge in [-0.1, -0.05) is 12.1 Å². The molecule has 140 valence electrons. The van der Waals surface area contributed by atoms with E-state index in [4.69, 9.17) is 0 Å². The number of non-ortho nitro benzene ring substituents is 1. The van der Waals surface area contributed by atoms with E-state index in [9.17, 15) is 29.9 Å². The van der Waals surface area contributed by atoms with E-state index < -0.39 is 22.8 Å². The van der Waals surface area contributed by atoms with Crippen LogP contribution in [0, 0.1) is 10.1 Å². The monoisotopic (exact) mass is 371 g/mol. The predicted molar refractivity (Wildman–Crippen MR) is 97.1 cm³/mol. The Balaban J connectivity index is 2.05. The molecule has 0 aromatic heterocycles. The number of amides is 1. The second-order valence-electron chi connectivity index (χ2n) is 5.63. The van der Waals surface area contributed by atoms with Crippen molar-refractivity contribution < 1.29 is 24.7 Å². The molecule has 1 atom stereocenters. The fourth-order valence-corrected chi connectivity index (χ4v) is 2.27. The molecule has 0 saturated heterocycles. The number of rotatable bonds is 7. The highest BCUT2D eigenvalue weighted by molar-refractivity contribution is 5.99. The van der Waals surface area contributed by atoms with E-state index in [1.807, 2.05) is 0 Å². The summed E-state index contributed by atoms with van der Waals surface area (Å²) >= 11 is 0. The van der Waals surface area contributed by atoms with E-state index in [1.54, 1.807) is 0 Å². The van der Waals surface area contributed by atoms with Crippen molar-refractivity contribution in [1.29, 1.82) is 0 Å². The molecular weight excluding hydrogens is 354 g/mol. The number of nitro groups is 1. The first-order valence-electron chi connectivity index (χ1n) is 7.78. The number of allylic oxidation sites excluding steroid dienone is 1. The Morgan fingerprint density at radius 2 is 1.70 bits per heavy atom. The third-order valence-corrected chi connectivity index (χ3v) is 3.54. The lowest BCUT2D eigenvalue weighted by Gasteiger charge is -2.16. The molecule has 2 aromatic carbocycles. The highest BCUT2D eigenvalue weighted by atomic mass is 16.6. The number of aliphatic carboxylic acids is 1. The smallest absolute Gasteiger partial charge is 0.330 e. The topological polar surface area (TPSA) is 142 Å². The number of anilines is 1. The lowest BCUT2D eigenvalue weighted by molar-refractivity contribution is -0.384. The van der Waals surface area contributed by atoms with Crippen molar-refractivity contribution in [2.24, 2.45) is 0 Å². The summed E-state index contributed by atoms with van der Waals surface area (Å²) < 4.78 is 0. The number of carboxylic acids is 1. The molecule has 9 nitrogen and oxygen atoms in total. The van der Waals surface area contributed by atoms with Crippen LogP contribution in [0.4, 0.5) is 11.4 Å². The average Bonchev–Trinajstić information content (AvgIpc) is 2.60. The number of carbonyl (C=O) groups excluding carboxylic acids is 1. The Morgan fingerprint density at radius 1 is 1.11 bits per heavy atom. The molecule has 0 unspecified atom stereocenters. The zero-order valence-corrected chi connectivity index (χ0v) is 14.2. The summed E-state index contributed by atoms with van der Waals surface area (Å²) in [7, 11) is 0. The molecule has 0 bridgehead atoms. The number of nitrogens with zero attached hydrogens (tertiary/aromatic N) is 1. The Morgan fingerprint density at radius 3 is 2.22 bits per heavy atom. The van der Waals surface area contributed by atoms with Gasteiger partial charge in [-0.2, -0.15) is 0 Å². The number of benzene rings is 2. The van der Waals surface area contributed by atoms with Crippen LogP contribution < -0.4 is 10.6 Å². The maximum Gasteiger partial charge on any atom is 0.330 e. The highest BCUT2D eigenvalue weighted by Gasteiger charge is 2.19. The Labute approximate surface area is 154 Å². The first kappa shape index (κ1) is 19.4. The number of hydrogen-bond donors (Lipinski definition) is 4. The zero-order chi connectivity index (χ0) is 20.0. The molecule has 0 fully saturated rings. The summed E-state index contributed by atoms with van der Waals surface area (Å²) in [5.74, 6) is -1.66. The number of phenolic OH excluding ortho intramolecular Hbond substituents is 1. The Kier molecular flexibility index (Phi) is 6.10. The molecule has 2 rings (SSSR count). The number of hydrogen-bond acceptors (Lipinski definition) is 6. The first-order chi connectivity index (χ1) is 12.8. The van der Waals surface area contributed by atoms with Gasteiger partial charge in [-0.05, 0) is 36.8 Å². The lowest BCUT2D eigenvalue weighted by atomic mass is 10.1. The number of carbonyl (C=O) groups is 2. The van der Waals surface area contributed by atoms with E-state index >= 15 is 0 Å². The van der Waals surface area contributed by atoms with Gasteiger partial charge >= 0.3 is 5.97 Å². The van der Waals surface area contributed by atoms with Crippen molar-refractivity contribution in [3.8, 4) is 5.75 Å². The van der Waals surface area contributed by atoms with Crippen molar-refractivity contribution in [2.75, 3.05) is 5.32 Å². The molecule has 9 heteroatoms. The van der Waals surface area contributed by atoms with Gasteiger partial charge in [0.25, 0.3) is 5.69 Å². The van der Waals surface area contributed by atoms with E-state index in [1.165, 1.54) is 61.5 Å². The summed E-state index contributed by atoms with van der Waals surface area (Å²) in [4.78, 5) is 33.6. The fraction of sp³-hybridized carbons (Fsp3) is 0.111. The summed E-state index contributed by atoms with van der Waals surface area (Å²) in [6.45, 7) is 1.53. The third-order valence-electron chi connectivity index (χ3n) is 3.54. The van der Waals surface area contributed by atoms with Gasteiger partial charge in [-0.15, -0.1) is 0 Å². The SMILES string of the molecule is CC(=CC(=O)Nc1ccc([N+](=O)[O-])cc1)N[C@@H](C(=O)O)c1ccc(O)cc1. The van der Waals surface area contributed by atoms with E-state index in [2.05, 4.69) is 10.6 Å². The van der Waals surface area contributed by atoms with Crippen LogP contribution in [-0.2, 0) is 9.59 Å². The van der Waals surface area contributed by atoms with Gasteiger partial charge in [-0.25, -0.2) is 4.79 Å². The van der Waals surface area contributed by atoms with Gasteiger partial charge in [0.15, 0.2) is 0 Å². The minimum atomic E-state index is -1.15. The van der Waals surface area contributed by atoms with Gasteiger partial charge < -0.3 is 20.8 Å². The average molecular weight is 371 g/mol. The molecule has 27 heavy (non-hydrogen) atoms. The number of phenols is 1. The summed E-state index contributed by atoms with van der Waals surface area (Å²) in [5.41, 5.74) is 0.973. The van der Waals surface area contributed by atoms with E-state index in [0.717, 1.165) is 0 Å². The van der Waals surface area contributed by atoms with Crippen molar-refractivity contribution in [3.05, 3.63) is 76.0 Å². The third kappa shape index (κ3) is 5.56. The molecule has 0 radical (unpaired) electrons.